The van der Waals surface area contributed by atoms with Crippen LogP contribution < -0.4 is 21.5 Å². The van der Waals surface area contributed by atoms with Gasteiger partial charge in [0, 0.05) is 20.2 Å². The summed E-state index contributed by atoms with van der Waals surface area (Å²) in [6.45, 7) is 5.60. The van der Waals surface area contributed by atoms with Crippen LogP contribution in [0.3, 0.4) is 0 Å². The van der Waals surface area contributed by atoms with Gasteiger partial charge in [0.1, 0.15) is 11.4 Å². The lowest BCUT2D eigenvalue weighted by Crippen LogP contribution is -2.43. The van der Waals surface area contributed by atoms with Crippen LogP contribution in [0.15, 0.2) is 27.8 Å². The second-order valence-electron chi connectivity index (χ2n) is 5.25. The standard InChI is InChI=1S/C16H20N2O3/c1-10-4-5-12(8-11(10)2)9-18(6-7-21-3)14-13(17)15(19)16(14)20/h4-5,8H,6-7,9,17H2,1-3H3. The molecule has 0 aliphatic rings. The van der Waals surface area contributed by atoms with Crippen LogP contribution in [0.25, 0.3) is 0 Å². The van der Waals surface area contributed by atoms with Crippen molar-refractivity contribution in [1.82, 2.24) is 0 Å². The van der Waals surface area contributed by atoms with E-state index in [9.17, 15) is 9.59 Å². The quantitative estimate of drug-likeness (QED) is 0.807. The van der Waals surface area contributed by atoms with Crippen molar-refractivity contribution in [3.63, 3.8) is 0 Å². The Bertz CT molecular complexity index is 715. The Hall–Kier alpha value is -2.14. The SMILES string of the molecule is COCCN(Cc1ccc(C)c(C)c1)c1c(N)c(=O)c1=O. The molecule has 0 heterocycles. The van der Waals surface area contributed by atoms with E-state index in [0.717, 1.165) is 5.56 Å². The third-order valence-electron chi connectivity index (χ3n) is 3.75. The Morgan fingerprint density at radius 2 is 1.86 bits per heavy atom. The van der Waals surface area contributed by atoms with Gasteiger partial charge in [-0.05, 0) is 30.5 Å². The molecule has 5 heteroatoms. The Labute approximate surface area is 123 Å². The number of nitrogen functional groups attached to an aromatic ring is 1. The molecule has 0 aliphatic carbocycles. The van der Waals surface area contributed by atoms with Gasteiger partial charge in [0.2, 0.25) is 0 Å². The number of hydrogen-bond donors (Lipinski definition) is 1. The minimum absolute atomic E-state index is 0.0555. The number of methoxy groups -OCH3 is 1. The van der Waals surface area contributed by atoms with Crippen molar-refractivity contribution >= 4 is 11.4 Å². The maximum Gasteiger partial charge on any atom is 0.253 e. The van der Waals surface area contributed by atoms with Crippen molar-refractivity contribution in [2.75, 3.05) is 30.9 Å². The molecule has 112 valence electrons. The highest BCUT2D eigenvalue weighted by Gasteiger charge is 2.23. The Morgan fingerprint density at radius 3 is 2.43 bits per heavy atom. The van der Waals surface area contributed by atoms with Crippen molar-refractivity contribution in [3.05, 3.63) is 55.3 Å². The molecule has 0 spiro atoms. The lowest BCUT2D eigenvalue weighted by molar-refractivity contribution is 0.205. The molecule has 0 aliphatic heterocycles. The summed E-state index contributed by atoms with van der Waals surface area (Å²) in [4.78, 5) is 24.8. The topological polar surface area (TPSA) is 72.6 Å². The third kappa shape index (κ3) is 2.97. The van der Waals surface area contributed by atoms with Crippen LogP contribution in [0.5, 0.6) is 0 Å². The molecule has 0 bridgehead atoms. The highest BCUT2D eigenvalue weighted by Crippen LogP contribution is 2.20. The number of nitrogens with zero attached hydrogens (tertiary/aromatic N) is 1. The van der Waals surface area contributed by atoms with Crippen LogP contribution in [0, 0.1) is 13.8 Å². The molecule has 0 aromatic heterocycles. The normalized spacial score (nSPS) is 11.0. The maximum absolute atomic E-state index is 11.7. The minimum atomic E-state index is -0.590. The highest BCUT2D eigenvalue weighted by molar-refractivity contribution is 5.72. The van der Waals surface area contributed by atoms with Crippen LogP contribution in [0.2, 0.25) is 0 Å². The Kier molecular flexibility index (Phi) is 4.43. The monoisotopic (exact) mass is 288 g/mol. The Morgan fingerprint density at radius 1 is 1.14 bits per heavy atom. The first kappa shape index (κ1) is 15.3. The summed E-state index contributed by atoms with van der Waals surface area (Å²) >= 11 is 0. The fraction of sp³-hybridized carbons (Fsp3) is 0.375. The van der Waals surface area contributed by atoms with E-state index in [2.05, 4.69) is 13.0 Å². The van der Waals surface area contributed by atoms with Gasteiger partial charge in [-0.2, -0.15) is 0 Å². The fourth-order valence-corrected chi connectivity index (χ4v) is 2.30. The maximum atomic E-state index is 11.7. The average molecular weight is 288 g/mol. The van der Waals surface area contributed by atoms with Gasteiger partial charge < -0.3 is 15.4 Å². The molecule has 21 heavy (non-hydrogen) atoms. The number of anilines is 2. The number of hydrogen-bond acceptors (Lipinski definition) is 5. The molecule has 0 saturated carbocycles. The molecular weight excluding hydrogens is 268 g/mol. The molecule has 0 radical (unpaired) electrons. The molecule has 0 amide bonds. The van der Waals surface area contributed by atoms with E-state index in [1.165, 1.54) is 11.1 Å². The summed E-state index contributed by atoms with van der Waals surface area (Å²) in [7, 11) is 1.60. The van der Waals surface area contributed by atoms with E-state index in [1.54, 1.807) is 7.11 Å². The second kappa shape index (κ2) is 6.10. The van der Waals surface area contributed by atoms with Gasteiger partial charge in [-0.1, -0.05) is 18.2 Å². The predicted molar refractivity (Wildman–Crippen MR) is 84.6 cm³/mol. The summed E-state index contributed by atoms with van der Waals surface area (Å²) in [5.41, 5.74) is 8.42. The van der Waals surface area contributed by atoms with Crippen LogP contribution in [0.4, 0.5) is 11.4 Å². The van der Waals surface area contributed by atoms with E-state index in [-0.39, 0.29) is 5.69 Å². The van der Waals surface area contributed by atoms with Gasteiger partial charge in [-0.25, -0.2) is 0 Å². The zero-order valence-electron chi connectivity index (χ0n) is 12.6. The summed E-state index contributed by atoms with van der Waals surface area (Å²) < 4.78 is 5.07. The van der Waals surface area contributed by atoms with E-state index >= 15 is 0 Å². The fourth-order valence-electron chi connectivity index (χ4n) is 2.30. The zero-order valence-corrected chi connectivity index (χ0v) is 12.6. The van der Waals surface area contributed by atoms with Gasteiger partial charge in [-0.15, -0.1) is 0 Å². The largest absolute Gasteiger partial charge is 0.394 e. The predicted octanol–water partition coefficient (Wildman–Crippen LogP) is 1.13. The molecular formula is C16H20N2O3. The molecule has 0 atom stereocenters. The van der Waals surface area contributed by atoms with Crippen LogP contribution >= 0.6 is 0 Å². The number of ether oxygens (including phenoxy) is 1. The molecule has 2 aromatic carbocycles. The first-order chi connectivity index (χ1) is 9.95. The first-order valence-electron chi connectivity index (χ1n) is 6.84. The molecule has 2 N–H and O–H groups in total. The lowest BCUT2D eigenvalue weighted by atomic mass is 10.1. The van der Waals surface area contributed by atoms with E-state index in [4.69, 9.17) is 10.5 Å². The average Bonchev–Trinajstić information content (AvgIpc) is 2.48. The van der Waals surface area contributed by atoms with E-state index in [1.807, 2.05) is 24.0 Å². The number of rotatable bonds is 6. The van der Waals surface area contributed by atoms with Gasteiger partial charge in [-0.3, -0.25) is 9.59 Å². The summed E-state index contributed by atoms with van der Waals surface area (Å²) in [5, 5.41) is 0. The van der Waals surface area contributed by atoms with Crippen molar-refractivity contribution < 1.29 is 4.74 Å². The smallest absolute Gasteiger partial charge is 0.253 e. The van der Waals surface area contributed by atoms with Crippen molar-refractivity contribution in [2.45, 2.75) is 20.4 Å². The summed E-state index contributed by atoms with van der Waals surface area (Å²) in [6.07, 6.45) is 0. The number of nitrogens with two attached hydrogens (primary N) is 1. The minimum Gasteiger partial charge on any atom is -0.394 e. The van der Waals surface area contributed by atoms with Crippen molar-refractivity contribution in [3.8, 4) is 0 Å². The molecule has 2 rings (SSSR count). The molecule has 0 unspecified atom stereocenters. The van der Waals surface area contributed by atoms with Gasteiger partial charge in [0.15, 0.2) is 0 Å². The number of benzene rings is 1. The third-order valence-corrected chi connectivity index (χ3v) is 3.75. The Balaban J connectivity index is 2.27. The molecule has 5 nitrogen and oxygen atoms in total. The van der Waals surface area contributed by atoms with Crippen LogP contribution in [-0.4, -0.2) is 20.3 Å². The van der Waals surface area contributed by atoms with Gasteiger partial charge >= 0.3 is 0 Å². The summed E-state index contributed by atoms with van der Waals surface area (Å²) in [5.74, 6) is 0. The van der Waals surface area contributed by atoms with E-state index in [0.29, 0.717) is 25.4 Å². The summed E-state index contributed by atoms with van der Waals surface area (Å²) in [6, 6.07) is 6.14. The second-order valence-corrected chi connectivity index (χ2v) is 5.25. The van der Waals surface area contributed by atoms with Gasteiger partial charge in [0.05, 0.1) is 6.61 Å². The van der Waals surface area contributed by atoms with Crippen molar-refractivity contribution in [2.24, 2.45) is 0 Å². The van der Waals surface area contributed by atoms with Crippen molar-refractivity contribution in [1.29, 1.82) is 0 Å². The van der Waals surface area contributed by atoms with Gasteiger partial charge in [0.25, 0.3) is 10.9 Å². The molecule has 0 saturated heterocycles. The van der Waals surface area contributed by atoms with Crippen LogP contribution in [0.1, 0.15) is 16.7 Å². The lowest BCUT2D eigenvalue weighted by Gasteiger charge is -2.26. The molecule has 0 fully saturated rings. The zero-order chi connectivity index (χ0) is 15.6. The first-order valence-corrected chi connectivity index (χ1v) is 6.84. The van der Waals surface area contributed by atoms with Crippen LogP contribution in [-0.2, 0) is 11.3 Å². The number of aryl methyl sites for hydroxylation is 2. The molecule has 2 aromatic rings. The highest BCUT2D eigenvalue weighted by atomic mass is 16.5. The van der Waals surface area contributed by atoms with E-state index < -0.39 is 10.9 Å².